The van der Waals surface area contributed by atoms with Crippen molar-refractivity contribution in [1.82, 2.24) is 0 Å². The van der Waals surface area contributed by atoms with Crippen LogP contribution >= 0.6 is 27.5 Å². The molecule has 0 spiro atoms. The van der Waals surface area contributed by atoms with Crippen molar-refractivity contribution in [3.05, 3.63) is 33.3 Å². The molecule has 2 N–H and O–H groups in total. The highest BCUT2D eigenvalue weighted by Gasteiger charge is 2.23. The molecule has 106 valence electrons. The summed E-state index contributed by atoms with van der Waals surface area (Å²) >= 11 is 9.58. The molecule has 2 nitrogen and oxygen atoms in total. The summed E-state index contributed by atoms with van der Waals surface area (Å²) < 4.78 is 6.85. The Morgan fingerprint density at radius 1 is 1.26 bits per heavy atom. The summed E-state index contributed by atoms with van der Waals surface area (Å²) in [6.07, 6.45) is 5.12. The molecule has 0 saturated heterocycles. The normalized spacial score (nSPS) is 23.5. The molecule has 1 aliphatic carbocycles. The van der Waals surface area contributed by atoms with Gasteiger partial charge >= 0.3 is 0 Å². The highest BCUT2D eigenvalue weighted by Crippen LogP contribution is 2.30. The number of hydrogen-bond acceptors (Lipinski definition) is 2. The van der Waals surface area contributed by atoms with Gasteiger partial charge in [-0.1, -0.05) is 46.4 Å². The van der Waals surface area contributed by atoms with Gasteiger partial charge in [-0.2, -0.15) is 0 Å². The molecule has 0 heterocycles. The number of hydrogen-bond donors (Lipinski definition) is 1. The second-order valence-electron chi connectivity index (χ2n) is 5.29. The highest BCUT2D eigenvalue weighted by molar-refractivity contribution is 9.10. The monoisotopic (exact) mass is 345 g/mol. The minimum atomic E-state index is 0.583. The van der Waals surface area contributed by atoms with Gasteiger partial charge in [0, 0.05) is 9.50 Å². The number of benzene rings is 1. The second kappa shape index (κ2) is 7.63. The van der Waals surface area contributed by atoms with Crippen molar-refractivity contribution < 1.29 is 4.74 Å². The molecular formula is C15H21BrClNO. The van der Waals surface area contributed by atoms with E-state index in [9.17, 15) is 0 Å². The Hall–Kier alpha value is -0.0900. The summed E-state index contributed by atoms with van der Waals surface area (Å²) in [4.78, 5) is 0. The molecule has 4 heteroatoms. The largest absolute Gasteiger partial charge is 0.376 e. The average molecular weight is 347 g/mol. The van der Waals surface area contributed by atoms with Crippen LogP contribution in [0.1, 0.15) is 31.2 Å². The zero-order chi connectivity index (χ0) is 13.7. The zero-order valence-corrected chi connectivity index (χ0v) is 13.4. The molecule has 0 aromatic heterocycles. The maximum Gasteiger partial charge on any atom is 0.0731 e. The van der Waals surface area contributed by atoms with E-state index in [-0.39, 0.29) is 0 Å². The molecule has 0 radical (unpaired) electrons. The lowest BCUT2D eigenvalue weighted by Crippen LogP contribution is -2.29. The minimum absolute atomic E-state index is 0.583. The summed E-state index contributed by atoms with van der Waals surface area (Å²) in [7, 11) is 0. The van der Waals surface area contributed by atoms with E-state index < -0.39 is 0 Å². The summed E-state index contributed by atoms with van der Waals surface area (Å²) in [6.45, 7) is 2.17. The molecule has 1 saturated carbocycles. The van der Waals surface area contributed by atoms with E-state index in [1.165, 1.54) is 25.7 Å². The number of halogens is 2. The van der Waals surface area contributed by atoms with Crippen molar-refractivity contribution in [2.75, 3.05) is 13.2 Å². The van der Waals surface area contributed by atoms with E-state index in [2.05, 4.69) is 15.9 Å². The molecule has 2 unspecified atom stereocenters. The second-order valence-corrected chi connectivity index (χ2v) is 6.61. The predicted molar refractivity (Wildman–Crippen MR) is 83.3 cm³/mol. The summed E-state index contributed by atoms with van der Waals surface area (Å²) in [5.41, 5.74) is 6.88. The van der Waals surface area contributed by atoms with Crippen molar-refractivity contribution >= 4 is 27.5 Å². The minimum Gasteiger partial charge on any atom is -0.376 e. The van der Waals surface area contributed by atoms with Gasteiger partial charge in [-0.15, -0.1) is 0 Å². The van der Waals surface area contributed by atoms with E-state index in [1.807, 2.05) is 18.2 Å². The van der Waals surface area contributed by atoms with Crippen LogP contribution in [0.4, 0.5) is 0 Å². The molecular weight excluding hydrogens is 326 g/mol. The molecule has 19 heavy (non-hydrogen) atoms. The fourth-order valence-corrected chi connectivity index (χ4v) is 3.50. The van der Waals surface area contributed by atoms with Gasteiger partial charge in [-0.25, -0.2) is 0 Å². The molecule has 1 aromatic carbocycles. The molecule has 0 amide bonds. The Balaban J connectivity index is 1.82. The average Bonchev–Trinajstić information content (AvgIpc) is 2.42. The fraction of sp³-hybridized carbons (Fsp3) is 0.600. The van der Waals surface area contributed by atoms with Crippen LogP contribution in [-0.2, 0) is 11.3 Å². The molecule has 2 rings (SSSR count). The molecule has 0 bridgehead atoms. The maximum absolute atomic E-state index is 6.18. The van der Waals surface area contributed by atoms with E-state index in [1.54, 1.807) is 0 Å². The van der Waals surface area contributed by atoms with Gasteiger partial charge < -0.3 is 10.5 Å². The van der Waals surface area contributed by atoms with Crippen LogP contribution in [0.3, 0.4) is 0 Å². The number of nitrogens with two attached hydrogens (primary N) is 1. The van der Waals surface area contributed by atoms with Gasteiger partial charge in [0.1, 0.15) is 0 Å². The summed E-state index contributed by atoms with van der Waals surface area (Å²) in [5.74, 6) is 1.25. The van der Waals surface area contributed by atoms with Crippen molar-refractivity contribution in [3.63, 3.8) is 0 Å². The molecule has 0 aliphatic heterocycles. The Morgan fingerprint density at radius 3 is 2.68 bits per heavy atom. The van der Waals surface area contributed by atoms with Crippen LogP contribution < -0.4 is 5.73 Å². The topological polar surface area (TPSA) is 35.2 Å². The SMILES string of the molecule is NCC1CCCCC1COCc1ccc(Br)cc1Cl. The number of rotatable bonds is 5. The predicted octanol–water partition coefficient (Wildman–Crippen LogP) is 4.38. The van der Waals surface area contributed by atoms with E-state index in [0.29, 0.717) is 18.4 Å². The molecule has 1 aliphatic rings. The summed E-state index contributed by atoms with van der Waals surface area (Å²) in [6, 6.07) is 5.91. The van der Waals surface area contributed by atoms with Crippen molar-refractivity contribution in [3.8, 4) is 0 Å². The first-order valence-electron chi connectivity index (χ1n) is 6.92. The lowest BCUT2D eigenvalue weighted by Gasteiger charge is -2.30. The van der Waals surface area contributed by atoms with Crippen LogP contribution in [0.5, 0.6) is 0 Å². The molecule has 1 fully saturated rings. The van der Waals surface area contributed by atoms with Crippen molar-refractivity contribution in [2.24, 2.45) is 17.6 Å². The van der Waals surface area contributed by atoms with Gasteiger partial charge in [0.25, 0.3) is 0 Å². The third-order valence-corrected chi connectivity index (χ3v) is 4.82. The quantitative estimate of drug-likeness (QED) is 0.858. The molecule has 2 atom stereocenters. The standard InChI is InChI=1S/C15H21BrClNO/c16-14-6-5-13(15(17)7-14)10-19-9-12-4-2-1-3-11(12)8-18/h5-7,11-12H,1-4,8-10,18H2. The van der Waals surface area contributed by atoms with Crippen molar-refractivity contribution in [1.29, 1.82) is 0 Å². The summed E-state index contributed by atoms with van der Waals surface area (Å²) in [5, 5.41) is 0.758. The third kappa shape index (κ3) is 4.45. The van der Waals surface area contributed by atoms with Crippen LogP contribution in [0.15, 0.2) is 22.7 Å². The van der Waals surface area contributed by atoms with E-state index >= 15 is 0 Å². The Labute approximate surface area is 128 Å². The zero-order valence-electron chi connectivity index (χ0n) is 11.1. The maximum atomic E-state index is 6.18. The van der Waals surface area contributed by atoms with Crippen molar-refractivity contribution in [2.45, 2.75) is 32.3 Å². The number of ether oxygens (including phenoxy) is 1. The first-order chi connectivity index (χ1) is 9.20. The smallest absolute Gasteiger partial charge is 0.0731 e. The Bertz CT molecular complexity index is 413. The molecule has 1 aromatic rings. The first-order valence-corrected chi connectivity index (χ1v) is 8.09. The van der Waals surface area contributed by atoms with Crippen LogP contribution in [0, 0.1) is 11.8 Å². The first kappa shape index (κ1) is 15.3. The van der Waals surface area contributed by atoms with Gasteiger partial charge in [0.05, 0.1) is 13.2 Å². The van der Waals surface area contributed by atoms with Gasteiger partial charge in [-0.05, 0) is 48.9 Å². The lowest BCUT2D eigenvalue weighted by atomic mass is 9.80. The van der Waals surface area contributed by atoms with Gasteiger partial charge in [0.15, 0.2) is 0 Å². The van der Waals surface area contributed by atoms with E-state index in [0.717, 1.165) is 28.2 Å². The third-order valence-electron chi connectivity index (χ3n) is 3.97. The van der Waals surface area contributed by atoms with Gasteiger partial charge in [0.2, 0.25) is 0 Å². The lowest BCUT2D eigenvalue weighted by molar-refractivity contribution is 0.0512. The van der Waals surface area contributed by atoms with Gasteiger partial charge in [-0.3, -0.25) is 0 Å². The highest BCUT2D eigenvalue weighted by atomic mass is 79.9. The van der Waals surface area contributed by atoms with Crippen LogP contribution in [-0.4, -0.2) is 13.2 Å². The Morgan fingerprint density at radius 2 is 2.00 bits per heavy atom. The van der Waals surface area contributed by atoms with Crippen LogP contribution in [0.25, 0.3) is 0 Å². The fourth-order valence-electron chi connectivity index (χ4n) is 2.77. The Kier molecular flexibility index (Phi) is 6.14. The van der Waals surface area contributed by atoms with E-state index in [4.69, 9.17) is 22.1 Å². The van der Waals surface area contributed by atoms with Crippen LogP contribution in [0.2, 0.25) is 5.02 Å².